The molecular formula is C27H35N4O2S+. The van der Waals surface area contributed by atoms with Crippen molar-refractivity contribution < 1.29 is 9.59 Å². The summed E-state index contributed by atoms with van der Waals surface area (Å²) >= 11 is 1.71. The van der Waals surface area contributed by atoms with E-state index in [0.29, 0.717) is 11.9 Å². The van der Waals surface area contributed by atoms with Gasteiger partial charge in [0.15, 0.2) is 0 Å². The Hall–Kier alpha value is -2.61. The molecule has 0 fully saturated rings. The van der Waals surface area contributed by atoms with Gasteiger partial charge in [-0.05, 0) is 42.4 Å². The first-order valence-electron chi connectivity index (χ1n) is 12.0. The van der Waals surface area contributed by atoms with Crippen molar-refractivity contribution in [2.75, 3.05) is 40.0 Å². The number of benzene rings is 1. The number of thioether (sulfide) groups is 1. The minimum atomic E-state index is -0.116. The number of quaternary nitrogens is 1. The molecule has 0 spiro atoms. The van der Waals surface area contributed by atoms with Crippen LogP contribution >= 0.6 is 11.8 Å². The van der Waals surface area contributed by atoms with E-state index in [9.17, 15) is 9.90 Å². The molecule has 1 unspecified atom stereocenters. The summed E-state index contributed by atoms with van der Waals surface area (Å²) in [5, 5.41) is 17.2. The van der Waals surface area contributed by atoms with E-state index in [1.807, 2.05) is 36.4 Å². The zero-order valence-corrected chi connectivity index (χ0v) is 21.1. The Labute approximate surface area is 205 Å². The third kappa shape index (κ3) is 5.71. The average molecular weight is 480 g/mol. The molecule has 1 atom stereocenters. The van der Waals surface area contributed by atoms with Crippen LogP contribution in [0.3, 0.4) is 0 Å². The predicted molar refractivity (Wildman–Crippen MR) is 141 cm³/mol. The SMILES string of the molecule is C[N+](C)(C)CCCNC1C=Cc2c(O)n(CCCCSc3ccccn3)c(=O)c3cccc1c23. The highest BCUT2D eigenvalue weighted by Crippen LogP contribution is 2.36. The van der Waals surface area contributed by atoms with Gasteiger partial charge in [0.05, 0.1) is 38.8 Å². The first kappa shape index (κ1) is 24.5. The minimum absolute atomic E-state index is 0.0435. The van der Waals surface area contributed by atoms with Gasteiger partial charge in [0.1, 0.15) is 0 Å². The smallest absolute Gasteiger partial charge is 0.261 e. The Kier molecular flexibility index (Phi) is 7.76. The van der Waals surface area contributed by atoms with E-state index in [2.05, 4.69) is 43.6 Å². The fourth-order valence-electron chi connectivity index (χ4n) is 4.44. The van der Waals surface area contributed by atoms with Crippen LogP contribution in [-0.4, -0.2) is 59.1 Å². The molecule has 2 heterocycles. The van der Waals surface area contributed by atoms with E-state index in [1.54, 1.807) is 18.0 Å². The summed E-state index contributed by atoms with van der Waals surface area (Å²) < 4.78 is 2.47. The zero-order chi connectivity index (χ0) is 24.1. The fraction of sp³-hybridized carbons (Fsp3) is 0.407. The van der Waals surface area contributed by atoms with Crippen molar-refractivity contribution >= 4 is 28.6 Å². The fourth-order valence-corrected chi connectivity index (χ4v) is 5.31. The Bertz CT molecular complexity index is 1220. The Balaban J connectivity index is 1.46. The number of rotatable bonds is 11. The summed E-state index contributed by atoms with van der Waals surface area (Å²) in [4.78, 5) is 17.6. The maximum absolute atomic E-state index is 13.3. The molecule has 34 heavy (non-hydrogen) atoms. The Morgan fingerprint density at radius 1 is 1.12 bits per heavy atom. The van der Waals surface area contributed by atoms with E-state index in [-0.39, 0.29) is 17.5 Å². The molecule has 0 amide bonds. The predicted octanol–water partition coefficient (Wildman–Crippen LogP) is 4.43. The van der Waals surface area contributed by atoms with Gasteiger partial charge in [-0.3, -0.25) is 9.36 Å². The lowest BCUT2D eigenvalue weighted by molar-refractivity contribution is -0.870. The molecule has 0 bridgehead atoms. The third-order valence-electron chi connectivity index (χ3n) is 6.16. The van der Waals surface area contributed by atoms with Crippen LogP contribution in [0.1, 0.15) is 36.4 Å². The van der Waals surface area contributed by atoms with Crippen LogP contribution in [0.15, 0.2) is 58.5 Å². The molecule has 2 aromatic heterocycles. The van der Waals surface area contributed by atoms with Crippen molar-refractivity contribution in [3.63, 3.8) is 0 Å². The van der Waals surface area contributed by atoms with Gasteiger partial charge in [0, 0.05) is 42.0 Å². The van der Waals surface area contributed by atoms with Crippen molar-refractivity contribution in [3.8, 4) is 5.88 Å². The number of hydrogen-bond donors (Lipinski definition) is 2. The normalized spacial score (nSPS) is 15.2. The lowest BCUT2D eigenvalue weighted by atomic mass is 9.91. The molecule has 0 radical (unpaired) electrons. The van der Waals surface area contributed by atoms with Crippen LogP contribution in [0.4, 0.5) is 0 Å². The second-order valence-electron chi connectivity index (χ2n) is 9.85. The van der Waals surface area contributed by atoms with Gasteiger partial charge in [-0.1, -0.05) is 30.4 Å². The second-order valence-corrected chi connectivity index (χ2v) is 11.0. The number of aromatic hydroxyl groups is 1. The lowest BCUT2D eigenvalue weighted by Crippen LogP contribution is -2.37. The highest BCUT2D eigenvalue weighted by Gasteiger charge is 2.23. The van der Waals surface area contributed by atoms with Gasteiger partial charge >= 0.3 is 0 Å². The Morgan fingerprint density at radius 2 is 1.97 bits per heavy atom. The molecule has 1 aliphatic carbocycles. The van der Waals surface area contributed by atoms with Gasteiger partial charge in [-0.2, -0.15) is 0 Å². The summed E-state index contributed by atoms with van der Waals surface area (Å²) in [6.07, 6.45) is 8.69. The number of nitrogens with zero attached hydrogens (tertiary/aromatic N) is 3. The summed E-state index contributed by atoms with van der Waals surface area (Å²) in [6, 6.07) is 11.8. The van der Waals surface area contributed by atoms with E-state index in [4.69, 9.17) is 0 Å². The van der Waals surface area contributed by atoms with Crippen LogP contribution in [0, 0.1) is 0 Å². The summed E-state index contributed by atoms with van der Waals surface area (Å²) in [7, 11) is 6.60. The first-order valence-corrected chi connectivity index (χ1v) is 13.0. The number of hydrogen-bond acceptors (Lipinski definition) is 5. The summed E-state index contributed by atoms with van der Waals surface area (Å²) in [5.74, 6) is 1.00. The average Bonchev–Trinajstić information content (AvgIpc) is 2.82. The van der Waals surface area contributed by atoms with Gasteiger partial charge in [0.25, 0.3) is 5.56 Å². The molecule has 180 valence electrons. The number of nitrogens with one attached hydrogen (secondary N) is 1. The van der Waals surface area contributed by atoms with Crippen LogP contribution in [-0.2, 0) is 6.54 Å². The number of aromatic nitrogens is 2. The van der Waals surface area contributed by atoms with Crippen molar-refractivity contribution in [1.29, 1.82) is 0 Å². The molecule has 2 N–H and O–H groups in total. The van der Waals surface area contributed by atoms with E-state index in [0.717, 1.165) is 64.1 Å². The first-order chi connectivity index (χ1) is 16.3. The molecule has 1 aliphatic rings. The van der Waals surface area contributed by atoms with Crippen LogP contribution in [0.25, 0.3) is 16.8 Å². The van der Waals surface area contributed by atoms with Gasteiger partial charge < -0.3 is 14.9 Å². The number of pyridine rings is 2. The van der Waals surface area contributed by atoms with E-state index in [1.165, 1.54) is 4.57 Å². The van der Waals surface area contributed by atoms with Gasteiger partial charge in [-0.15, -0.1) is 11.8 Å². The second kappa shape index (κ2) is 10.8. The molecule has 0 aliphatic heterocycles. The van der Waals surface area contributed by atoms with Crippen LogP contribution in [0.5, 0.6) is 5.88 Å². The molecule has 0 saturated heterocycles. The highest BCUT2D eigenvalue weighted by atomic mass is 32.2. The van der Waals surface area contributed by atoms with Crippen LogP contribution < -0.4 is 10.9 Å². The lowest BCUT2D eigenvalue weighted by Gasteiger charge is -2.26. The molecule has 3 aromatic rings. The molecule has 7 heteroatoms. The zero-order valence-electron chi connectivity index (χ0n) is 20.3. The van der Waals surface area contributed by atoms with E-state index >= 15 is 0 Å². The van der Waals surface area contributed by atoms with E-state index < -0.39 is 0 Å². The monoisotopic (exact) mass is 479 g/mol. The number of unbranched alkanes of at least 4 members (excludes halogenated alkanes) is 1. The molecule has 6 nitrogen and oxygen atoms in total. The quantitative estimate of drug-likeness (QED) is 0.242. The Morgan fingerprint density at radius 3 is 2.74 bits per heavy atom. The largest absolute Gasteiger partial charge is 0.494 e. The summed E-state index contributed by atoms with van der Waals surface area (Å²) in [6.45, 7) is 2.49. The van der Waals surface area contributed by atoms with Crippen molar-refractivity contribution in [2.24, 2.45) is 0 Å². The molecular weight excluding hydrogens is 444 g/mol. The molecule has 4 rings (SSSR count). The maximum atomic E-state index is 13.3. The highest BCUT2D eigenvalue weighted by molar-refractivity contribution is 7.99. The topological polar surface area (TPSA) is 67.2 Å². The van der Waals surface area contributed by atoms with Gasteiger partial charge in [-0.25, -0.2) is 4.98 Å². The maximum Gasteiger partial charge on any atom is 0.261 e. The van der Waals surface area contributed by atoms with Gasteiger partial charge in [0.2, 0.25) is 5.88 Å². The minimum Gasteiger partial charge on any atom is -0.494 e. The van der Waals surface area contributed by atoms with Crippen molar-refractivity contribution in [2.45, 2.75) is 36.9 Å². The standard InChI is InChI=1S/C27H34N4O2S/c1-31(2,3)18-9-16-28-23-14-13-22-25-20(23)10-8-11-21(25)26(32)30(27(22)33)17-6-7-19-34-24-12-4-5-15-29-24/h4-5,8,10-15,23,28H,6-7,9,16-19H2,1-3H3/p+1. The summed E-state index contributed by atoms with van der Waals surface area (Å²) in [5.41, 5.74) is 1.69. The van der Waals surface area contributed by atoms with Crippen molar-refractivity contribution in [1.82, 2.24) is 14.9 Å². The van der Waals surface area contributed by atoms with Crippen molar-refractivity contribution in [3.05, 3.63) is 70.2 Å². The third-order valence-corrected chi connectivity index (χ3v) is 7.19. The van der Waals surface area contributed by atoms with Crippen LogP contribution in [0.2, 0.25) is 0 Å². The molecule has 0 saturated carbocycles. The molecule has 1 aromatic carbocycles.